The van der Waals surface area contributed by atoms with Crippen molar-refractivity contribution in [3.05, 3.63) is 0 Å². The molecule has 0 aromatic heterocycles. The maximum absolute atomic E-state index is 4.43. The van der Waals surface area contributed by atoms with Gasteiger partial charge in [-0.15, -0.1) is 0 Å². The lowest BCUT2D eigenvalue weighted by Crippen LogP contribution is -2.27. The lowest BCUT2D eigenvalue weighted by atomic mass is 10.0. The Bertz CT molecular complexity index is 257. The highest BCUT2D eigenvalue weighted by atomic mass is 15.1. The number of hydrogen-bond acceptors (Lipinski definition) is 4. The molecule has 0 saturated heterocycles. The second-order valence-corrected chi connectivity index (χ2v) is 3.89. The first kappa shape index (κ1) is 9.49. The second-order valence-electron chi connectivity index (χ2n) is 3.89. The minimum atomic E-state index is 0.544. The van der Waals surface area contributed by atoms with Gasteiger partial charge in [-0.3, -0.25) is 9.98 Å². The molecule has 0 amide bonds. The molecule has 0 saturated carbocycles. The molecule has 2 rings (SSSR count). The van der Waals surface area contributed by atoms with Crippen LogP contribution >= 0.6 is 0 Å². The summed E-state index contributed by atoms with van der Waals surface area (Å²) in [6, 6.07) is 0. The van der Waals surface area contributed by atoms with Crippen molar-refractivity contribution in [1.82, 2.24) is 10.6 Å². The van der Waals surface area contributed by atoms with E-state index < -0.39 is 0 Å². The molecule has 78 valence electrons. The maximum atomic E-state index is 4.43. The molecule has 1 atom stereocenters. The summed E-state index contributed by atoms with van der Waals surface area (Å²) in [6.07, 6.45) is 2.19. The van der Waals surface area contributed by atoms with Crippen LogP contribution in [0, 0.1) is 5.92 Å². The number of aliphatic imine (C=N–C) groups is 2. The third-order valence-corrected chi connectivity index (χ3v) is 2.72. The van der Waals surface area contributed by atoms with E-state index in [9.17, 15) is 0 Å². The Morgan fingerprint density at radius 1 is 1.21 bits per heavy atom. The molecule has 14 heavy (non-hydrogen) atoms. The van der Waals surface area contributed by atoms with Crippen molar-refractivity contribution in [1.29, 1.82) is 0 Å². The second kappa shape index (κ2) is 4.44. The van der Waals surface area contributed by atoms with Gasteiger partial charge in [-0.2, -0.15) is 0 Å². The zero-order valence-corrected chi connectivity index (χ0v) is 8.71. The Morgan fingerprint density at radius 2 is 2.00 bits per heavy atom. The van der Waals surface area contributed by atoms with Crippen LogP contribution in [0.5, 0.6) is 0 Å². The molecular formula is C10H18N4. The number of nitrogens with one attached hydrogen (secondary N) is 2. The predicted molar refractivity (Wildman–Crippen MR) is 59.0 cm³/mol. The largest absolute Gasteiger partial charge is 0.372 e. The highest BCUT2D eigenvalue weighted by Crippen LogP contribution is 2.10. The van der Waals surface area contributed by atoms with Gasteiger partial charge in [0.05, 0.1) is 24.8 Å². The van der Waals surface area contributed by atoms with E-state index in [2.05, 4.69) is 27.5 Å². The highest BCUT2D eigenvalue weighted by molar-refractivity contribution is 5.87. The van der Waals surface area contributed by atoms with Crippen LogP contribution in [0.1, 0.15) is 19.8 Å². The molecule has 4 nitrogen and oxygen atoms in total. The van der Waals surface area contributed by atoms with Gasteiger partial charge in [-0.1, -0.05) is 6.92 Å². The van der Waals surface area contributed by atoms with Crippen molar-refractivity contribution in [3.8, 4) is 0 Å². The van der Waals surface area contributed by atoms with E-state index in [0.29, 0.717) is 5.92 Å². The molecular weight excluding hydrogens is 176 g/mol. The molecule has 0 bridgehead atoms. The van der Waals surface area contributed by atoms with Gasteiger partial charge in [0.2, 0.25) is 0 Å². The molecule has 2 aliphatic rings. The van der Waals surface area contributed by atoms with Crippen molar-refractivity contribution in [2.24, 2.45) is 15.9 Å². The van der Waals surface area contributed by atoms with Crippen LogP contribution in [0.4, 0.5) is 0 Å². The topological polar surface area (TPSA) is 48.8 Å². The first-order valence-corrected chi connectivity index (χ1v) is 5.41. The highest BCUT2D eigenvalue weighted by Gasteiger charge is 2.15. The molecule has 1 unspecified atom stereocenters. The summed E-state index contributed by atoms with van der Waals surface area (Å²) >= 11 is 0. The van der Waals surface area contributed by atoms with Gasteiger partial charge in [0.15, 0.2) is 0 Å². The summed E-state index contributed by atoms with van der Waals surface area (Å²) in [6.45, 7) is 6.15. The minimum Gasteiger partial charge on any atom is -0.372 e. The quantitative estimate of drug-likeness (QED) is 0.681. The SMILES string of the molecule is CC(CCC1=NCCN1)C1=NCCN1. The summed E-state index contributed by atoms with van der Waals surface area (Å²) < 4.78 is 0. The van der Waals surface area contributed by atoms with Crippen molar-refractivity contribution < 1.29 is 0 Å². The average molecular weight is 194 g/mol. The van der Waals surface area contributed by atoms with Crippen molar-refractivity contribution >= 4 is 11.7 Å². The first-order chi connectivity index (χ1) is 6.86. The Balaban J connectivity index is 1.74. The van der Waals surface area contributed by atoms with E-state index >= 15 is 0 Å². The Kier molecular flexibility index (Phi) is 3.01. The molecule has 0 fully saturated rings. The van der Waals surface area contributed by atoms with Gasteiger partial charge >= 0.3 is 0 Å². The van der Waals surface area contributed by atoms with E-state index in [-0.39, 0.29) is 0 Å². The molecule has 4 heteroatoms. The van der Waals surface area contributed by atoms with Crippen LogP contribution in [-0.2, 0) is 0 Å². The van der Waals surface area contributed by atoms with Crippen LogP contribution in [0.3, 0.4) is 0 Å². The molecule has 0 aromatic rings. The van der Waals surface area contributed by atoms with Crippen molar-refractivity contribution in [2.45, 2.75) is 19.8 Å². The molecule has 0 spiro atoms. The fourth-order valence-corrected chi connectivity index (χ4v) is 1.85. The minimum absolute atomic E-state index is 0.544. The molecule has 2 N–H and O–H groups in total. The summed E-state index contributed by atoms with van der Waals surface area (Å²) in [5, 5.41) is 6.61. The summed E-state index contributed by atoms with van der Waals surface area (Å²) in [5.41, 5.74) is 0. The van der Waals surface area contributed by atoms with Gasteiger partial charge in [0, 0.05) is 25.4 Å². The van der Waals surface area contributed by atoms with Gasteiger partial charge in [-0.25, -0.2) is 0 Å². The molecule has 0 radical (unpaired) electrons. The third kappa shape index (κ3) is 2.25. The lowest BCUT2D eigenvalue weighted by molar-refractivity contribution is 0.684. The Morgan fingerprint density at radius 3 is 2.64 bits per heavy atom. The van der Waals surface area contributed by atoms with E-state index in [1.165, 1.54) is 11.7 Å². The zero-order chi connectivity index (χ0) is 9.80. The first-order valence-electron chi connectivity index (χ1n) is 5.41. The normalized spacial score (nSPS) is 22.4. The number of hydrogen-bond donors (Lipinski definition) is 2. The van der Waals surface area contributed by atoms with E-state index in [0.717, 1.165) is 39.0 Å². The monoisotopic (exact) mass is 194 g/mol. The number of rotatable bonds is 4. The molecule has 0 aliphatic carbocycles. The smallest absolute Gasteiger partial charge is 0.0993 e. The van der Waals surface area contributed by atoms with E-state index in [4.69, 9.17) is 0 Å². The predicted octanol–water partition coefficient (Wildman–Crippen LogP) is 0.406. The average Bonchev–Trinajstić information content (AvgIpc) is 2.87. The van der Waals surface area contributed by atoms with Gasteiger partial charge in [-0.05, 0) is 6.42 Å². The Labute approximate surface area is 84.9 Å². The van der Waals surface area contributed by atoms with Gasteiger partial charge in [0.1, 0.15) is 0 Å². The van der Waals surface area contributed by atoms with E-state index in [1.54, 1.807) is 0 Å². The maximum Gasteiger partial charge on any atom is 0.0993 e. The van der Waals surface area contributed by atoms with Crippen molar-refractivity contribution in [3.63, 3.8) is 0 Å². The molecule has 2 aliphatic heterocycles. The third-order valence-electron chi connectivity index (χ3n) is 2.72. The van der Waals surface area contributed by atoms with E-state index in [1.807, 2.05) is 0 Å². The zero-order valence-electron chi connectivity index (χ0n) is 8.71. The van der Waals surface area contributed by atoms with Gasteiger partial charge < -0.3 is 10.6 Å². The van der Waals surface area contributed by atoms with Crippen LogP contribution in [0.2, 0.25) is 0 Å². The van der Waals surface area contributed by atoms with Crippen LogP contribution < -0.4 is 10.6 Å². The summed E-state index contributed by atoms with van der Waals surface area (Å²) in [4.78, 5) is 8.81. The number of amidine groups is 2. The summed E-state index contributed by atoms with van der Waals surface area (Å²) in [5.74, 6) is 2.90. The molecule has 0 aromatic carbocycles. The van der Waals surface area contributed by atoms with Crippen LogP contribution in [0.15, 0.2) is 9.98 Å². The fraction of sp³-hybridized carbons (Fsp3) is 0.800. The molecule has 2 heterocycles. The van der Waals surface area contributed by atoms with Crippen LogP contribution in [0.25, 0.3) is 0 Å². The van der Waals surface area contributed by atoms with Crippen molar-refractivity contribution in [2.75, 3.05) is 26.2 Å². The number of nitrogens with zero attached hydrogens (tertiary/aromatic N) is 2. The standard InChI is InChI=1S/C10H18N4/c1-8(10-13-6-7-14-10)2-3-9-11-4-5-12-9/h8H,2-7H2,1H3,(H,11,12)(H,13,14). The van der Waals surface area contributed by atoms with Gasteiger partial charge in [0.25, 0.3) is 0 Å². The lowest BCUT2D eigenvalue weighted by Gasteiger charge is -2.11. The Hall–Kier alpha value is -1.06. The fourth-order valence-electron chi connectivity index (χ4n) is 1.85. The van der Waals surface area contributed by atoms with Crippen LogP contribution in [-0.4, -0.2) is 37.9 Å². The summed E-state index contributed by atoms with van der Waals surface area (Å²) in [7, 11) is 0.